The van der Waals surface area contributed by atoms with Crippen molar-refractivity contribution in [3.05, 3.63) is 69.1 Å². The topological polar surface area (TPSA) is 120 Å². The Kier molecular flexibility index (Phi) is 6.65. The highest BCUT2D eigenvalue weighted by Crippen LogP contribution is 2.33. The normalized spacial score (nSPS) is 18.0. The number of hydrogen-bond acceptors (Lipinski definition) is 7. The average molecular weight is 498 g/mol. The molecule has 11 heteroatoms. The number of halogens is 2. The van der Waals surface area contributed by atoms with Gasteiger partial charge in [0, 0.05) is 31.1 Å². The predicted octanol–water partition coefficient (Wildman–Crippen LogP) is 3.61. The van der Waals surface area contributed by atoms with E-state index in [1.54, 1.807) is 38.1 Å². The summed E-state index contributed by atoms with van der Waals surface area (Å²) in [6, 6.07) is 9.50. The fourth-order valence-electron chi connectivity index (χ4n) is 4.54. The molecule has 2 atom stereocenters. The highest BCUT2D eigenvalue weighted by Gasteiger charge is 2.46. The molecule has 0 radical (unpaired) electrons. The first kappa shape index (κ1) is 25.1. The van der Waals surface area contributed by atoms with Crippen LogP contribution in [0.25, 0.3) is 5.65 Å². The van der Waals surface area contributed by atoms with E-state index in [0.717, 1.165) is 0 Å². The van der Waals surface area contributed by atoms with Crippen molar-refractivity contribution in [3.8, 4) is 6.07 Å². The van der Waals surface area contributed by atoms with Crippen LogP contribution in [0.3, 0.4) is 0 Å². The lowest BCUT2D eigenvalue weighted by Gasteiger charge is -2.38. The summed E-state index contributed by atoms with van der Waals surface area (Å²) in [5, 5.41) is 22.4. The number of nitrogens with zero attached hydrogens (tertiary/aromatic N) is 4. The molecule has 3 heterocycles. The Morgan fingerprint density at radius 1 is 1.39 bits per heavy atom. The van der Waals surface area contributed by atoms with Gasteiger partial charge in [0.25, 0.3) is 11.5 Å². The van der Waals surface area contributed by atoms with Crippen LogP contribution >= 0.6 is 0 Å². The second-order valence-corrected chi connectivity index (χ2v) is 8.81. The third kappa shape index (κ3) is 4.47. The van der Waals surface area contributed by atoms with Crippen LogP contribution in [0.2, 0.25) is 0 Å². The number of fused-ring (bicyclic) bond motifs is 1. The molecule has 4 rings (SSSR count). The zero-order chi connectivity index (χ0) is 26.2. The first-order valence-electron chi connectivity index (χ1n) is 11.3. The smallest absolute Gasteiger partial charge is 0.337 e. The average Bonchev–Trinajstić information content (AvgIpc) is 2.83. The number of piperidine rings is 1. The SMILES string of the molecule is CO[C@@H]1CCN(c2nc3c(C(C)Nc4ccccc4C(=O)O)cc(C)cn3c(=O)c2C#N)CC1(F)F. The minimum Gasteiger partial charge on any atom is -0.478 e. The first-order chi connectivity index (χ1) is 17.1. The van der Waals surface area contributed by atoms with Crippen LogP contribution in [0.15, 0.2) is 41.3 Å². The number of carboxylic acids is 1. The van der Waals surface area contributed by atoms with Crippen molar-refractivity contribution in [1.82, 2.24) is 9.38 Å². The second-order valence-electron chi connectivity index (χ2n) is 8.81. The lowest BCUT2D eigenvalue weighted by molar-refractivity contribution is -0.129. The zero-order valence-electron chi connectivity index (χ0n) is 20.0. The summed E-state index contributed by atoms with van der Waals surface area (Å²) in [6.07, 6.45) is 0.264. The van der Waals surface area contributed by atoms with Gasteiger partial charge in [-0.25, -0.2) is 18.6 Å². The molecule has 0 aliphatic carbocycles. The Balaban J connectivity index is 1.84. The van der Waals surface area contributed by atoms with E-state index in [-0.39, 0.29) is 35.6 Å². The minimum absolute atomic E-state index is 0.000104. The predicted molar refractivity (Wildman–Crippen MR) is 129 cm³/mol. The number of ether oxygens (including phenoxy) is 1. The maximum Gasteiger partial charge on any atom is 0.337 e. The van der Waals surface area contributed by atoms with Gasteiger partial charge in [-0.2, -0.15) is 5.26 Å². The van der Waals surface area contributed by atoms with Crippen molar-refractivity contribution in [2.24, 2.45) is 0 Å². The van der Waals surface area contributed by atoms with Crippen molar-refractivity contribution >= 4 is 23.1 Å². The molecule has 1 unspecified atom stereocenters. The van der Waals surface area contributed by atoms with Gasteiger partial charge in [0.1, 0.15) is 17.8 Å². The quantitative estimate of drug-likeness (QED) is 0.530. The molecular formula is C25H25F2N5O4. The molecule has 0 saturated carbocycles. The fourth-order valence-corrected chi connectivity index (χ4v) is 4.54. The van der Waals surface area contributed by atoms with Crippen LogP contribution in [-0.2, 0) is 4.74 Å². The molecule has 188 valence electrons. The highest BCUT2D eigenvalue weighted by atomic mass is 19.3. The van der Waals surface area contributed by atoms with Crippen LogP contribution in [-0.4, -0.2) is 52.7 Å². The van der Waals surface area contributed by atoms with E-state index in [1.165, 1.54) is 28.7 Å². The molecule has 0 bridgehead atoms. The molecule has 9 nitrogen and oxygen atoms in total. The number of rotatable bonds is 6. The highest BCUT2D eigenvalue weighted by molar-refractivity contribution is 5.94. The maximum atomic E-state index is 14.6. The second kappa shape index (κ2) is 9.54. The number of aromatic carboxylic acids is 1. The van der Waals surface area contributed by atoms with Gasteiger partial charge in [0.2, 0.25) is 0 Å². The van der Waals surface area contributed by atoms with Crippen LogP contribution in [0.5, 0.6) is 0 Å². The van der Waals surface area contributed by atoms with E-state index in [1.807, 2.05) is 6.07 Å². The lowest BCUT2D eigenvalue weighted by atomic mass is 10.0. The number of anilines is 2. The molecule has 1 aromatic carbocycles. The van der Waals surface area contributed by atoms with Crippen LogP contribution in [0.4, 0.5) is 20.3 Å². The van der Waals surface area contributed by atoms with Gasteiger partial charge < -0.3 is 20.1 Å². The third-order valence-electron chi connectivity index (χ3n) is 6.30. The Morgan fingerprint density at radius 3 is 2.75 bits per heavy atom. The summed E-state index contributed by atoms with van der Waals surface area (Å²) in [5.41, 5.74) is 0.869. The van der Waals surface area contributed by atoms with E-state index in [2.05, 4.69) is 10.3 Å². The molecular weight excluding hydrogens is 472 g/mol. The molecule has 1 fully saturated rings. The van der Waals surface area contributed by atoms with E-state index < -0.39 is 36.1 Å². The number of nitrogens with one attached hydrogen (secondary N) is 1. The Bertz CT molecular complexity index is 1430. The number of para-hydroxylation sites is 1. The van der Waals surface area contributed by atoms with Gasteiger partial charge in [-0.3, -0.25) is 9.20 Å². The number of aryl methyl sites for hydroxylation is 1. The van der Waals surface area contributed by atoms with Crippen molar-refractivity contribution in [2.45, 2.75) is 38.3 Å². The number of carboxylic acid groups (broad SMARTS) is 1. The van der Waals surface area contributed by atoms with E-state index in [0.29, 0.717) is 16.8 Å². The molecule has 1 aliphatic heterocycles. The van der Waals surface area contributed by atoms with Gasteiger partial charge in [-0.15, -0.1) is 0 Å². The van der Waals surface area contributed by atoms with Gasteiger partial charge in [-0.1, -0.05) is 12.1 Å². The van der Waals surface area contributed by atoms with E-state index in [9.17, 15) is 28.7 Å². The number of nitriles is 1. The monoisotopic (exact) mass is 497 g/mol. The summed E-state index contributed by atoms with van der Waals surface area (Å²) < 4.78 is 35.4. The Hall–Kier alpha value is -4.04. The summed E-state index contributed by atoms with van der Waals surface area (Å²) >= 11 is 0. The number of methoxy groups -OCH3 is 1. The third-order valence-corrected chi connectivity index (χ3v) is 6.30. The summed E-state index contributed by atoms with van der Waals surface area (Å²) in [4.78, 5) is 30.7. The number of pyridine rings is 1. The summed E-state index contributed by atoms with van der Waals surface area (Å²) in [5.74, 6) is -4.41. The number of carbonyl (C=O) groups is 1. The number of benzene rings is 1. The van der Waals surface area contributed by atoms with Crippen LogP contribution < -0.4 is 15.8 Å². The Labute approximate surface area is 205 Å². The minimum atomic E-state index is -3.20. The van der Waals surface area contributed by atoms with E-state index in [4.69, 9.17) is 4.74 Å². The van der Waals surface area contributed by atoms with Gasteiger partial charge >= 0.3 is 5.97 Å². The molecule has 0 spiro atoms. The lowest BCUT2D eigenvalue weighted by Crippen LogP contribution is -2.53. The van der Waals surface area contributed by atoms with Crippen molar-refractivity contribution in [3.63, 3.8) is 0 Å². The first-order valence-corrected chi connectivity index (χ1v) is 11.3. The van der Waals surface area contributed by atoms with Crippen molar-refractivity contribution < 1.29 is 23.4 Å². The molecule has 2 N–H and O–H groups in total. The van der Waals surface area contributed by atoms with Crippen molar-refractivity contribution in [2.75, 3.05) is 30.4 Å². The summed E-state index contributed by atoms with van der Waals surface area (Å²) in [6.45, 7) is 2.93. The van der Waals surface area contributed by atoms with Crippen molar-refractivity contribution in [1.29, 1.82) is 5.26 Å². The maximum absolute atomic E-state index is 14.6. The Morgan fingerprint density at radius 2 is 2.11 bits per heavy atom. The van der Waals surface area contributed by atoms with Gasteiger partial charge in [0.05, 0.1) is 18.2 Å². The standard InChI is InChI=1S/C25H25F2N5O4/c1-14-10-17(15(2)29-19-7-5-4-6-16(19)24(34)35)22-30-21(18(11-28)23(33)32(22)12-14)31-9-8-20(36-3)25(26,27)13-31/h4-7,10,12,15,20,29H,8-9,13H2,1-3H3,(H,34,35)/t15?,20-/m1/s1. The number of hydrogen-bond donors (Lipinski definition) is 2. The molecule has 2 aromatic heterocycles. The number of alkyl halides is 2. The molecule has 1 saturated heterocycles. The van der Waals surface area contributed by atoms with Crippen LogP contribution in [0, 0.1) is 18.3 Å². The van der Waals surface area contributed by atoms with E-state index >= 15 is 0 Å². The fraction of sp³-hybridized carbons (Fsp3) is 0.360. The molecule has 36 heavy (non-hydrogen) atoms. The molecule has 1 aliphatic rings. The zero-order valence-corrected chi connectivity index (χ0v) is 20.0. The largest absolute Gasteiger partial charge is 0.478 e. The molecule has 0 amide bonds. The van der Waals surface area contributed by atoms with Gasteiger partial charge in [0.15, 0.2) is 11.4 Å². The van der Waals surface area contributed by atoms with Gasteiger partial charge in [-0.05, 0) is 44.0 Å². The number of aromatic nitrogens is 2. The molecule has 3 aromatic rings. The van der Waals surface area contributed by atoms with Crippen LogP contribution in [0.1, 0.15) is 46.4 Å². The summed E-state index contributed by atoms with van der Waals surface area (Å²) in [7, 11) is 1.22.